The monoisotopic (exact) mass is 396 g/mol. The third kappa shape index (κ3) is 4.08. The van der Waals surface area contributed by atoms with Crippen molar-refractivity contribution in [3.8, 4) is 0 Å². The van der Waals surface area contributed by atoms with E-state index in [1.54, 1.807) is 18.0 Å². The van der Waals surface area contributed by atoms with Crippen molar-refractivity contribution in [1.82, 2.24) is 9.80 Å². The summed E-state index contributed by atoms with van der Waals surface area (Å²) in [7, 11) is 1.62. The average molecular weight is 397 g/mol. The number of nitrogens with zero attached hydrogens (tertiary/aromatic N) is 2. The van der Waals surface area contributed by atoms with Crippen LogP contribution in [0.5, 0.6) is 0 Å². The fourth-order valence-electron chi connectivity index (χ4n) is 4.08. The summed E-state index contributed by atoms with van der Waals surface area (Å²) in [6.07, 6.45) is 1.46. The standard InChI is InChI=1S/C19H22ClFN2O4/c1-22-16(24)10-13(18(22)12-2-3-14(20)15(21)9-12)19(27)23-6-4-11(5-7-23)8-17(25)26/h2-3,9,11,13,18H,4-8,10H2,1H3,(H,25,26). The lowest BCUT2D eigenvalue weighted by Crippen LogP contribution is -2.43. The van der Waals surface area contributed by atoms with Gasteiger partial charge in [0.25, 0.3) is 0 Å². The summed E-state index contributed by atoms with van der Waals surface area (Å²) in [5.74, 6) is -2.22. The van der Waals surface area contributed by atoms with Crippen molar-refractivity contribution in [2.45, 2.75) is 31.7 Å². The van der Waals surface area contributed by atoms with E-state index < -0.39 is 23.7 Å². The van der Waals surface area contributed by atoms with Gasteiger partial charge in [-0.2, -0.15) is 0 Å². The summed E-state index contributed by atoms with van der Waals surface area (Å²) in [5, 5.41) is 8.91. The van der Waals surface area contributed by atoms with E-state index in [1.807, 2.05) is 0 Å². The first-order chi connectivity index (χ1) is 12.8. The molecule has 1 N–H and O–H groups in total. The molecule has 0 aromatic heterocycles. The highest BCUT2D eigenvalue weighted by Crippen LogP contribution is 2.39. The molecule has 1 aromatic carbocycles. The summed E-state index contributed by atoms with van der Waals surface area (Å²) < 4.78 is 13.9. The maximum atomic E-state index is 13.9. The highest BCUT2D eigenvalue weighted by molar-refractivity contribution is 6.30. The number of piperidine rings is 1. The van der Waals surface area contributed by atoms with Crippen molar-refractivity contribution in [2.75, 3.05) is 20.1 Å². The van der Waals surface area contributed by atoms with Crippen LogP contribution in [0.25, 0.3) is 0 Å². The molecule has 0 radical (unpaired) electrons. The molecule has 0 bridgehead atoms. The van der Waals surface area contributed by atoms with Crippen LogP contribution in [0, 0.1) is 17.7 Å². The van der Waals surface area contributed by atoms with Gasteiger partial charge in [0.2, 0.25) is 11.8 Å². The van der Waals surface area contributed by atoms with Crippen LogP contribution in [-0.4, -0.2) is 52.8 Å². The molecule has 2 heterocycles. The number of hydrogen-bond donors (Lipinski definition) is 1. The molecule has 27 heavy (non-hydrogen) atoms. The number of carbonyl (C=O) groups is 3. The Morgan fingerprint density at radius 1 is 1.30 bits per heavy atom. The number of amides is 2. The van der Waals surface area contributed by atoms with Gasteiger partial charge in [-0.15, -0.1) is 0 Å². The van der Waals surface area contributed by atoms with Crippen LogP contribution >= 0.6 is 11.6 Å². The van der Waals surface area contributed by atoms with Gasteiger partial charge in [-0.1, -0.05) is 17.7 Å². The van der Waals surface area contributed by atoms with Gasteiger partial charge in [0.15, 0.2) is 0 Å². The average Bonchev–Trinajstić information content (AvgIpc) is 2.92. The molecular formula is C19H22ClFN2O4. The topological polar surface area (TPSA) is 77.9 Å². The van der Waals surface area contributed by atoms with E-state index in [4.69, 9.17) is 16.7 Å². The Bertz CT molecular complexity index is 764. The van der Waals surface area contributed by atoms with Gasteiger partial charge in [0.05, 0.1) is 17.0 Å². The van der Waals surface area contributed by atoms with E-state index in [9.17, 15) is 18.8 Å². The second kappa shape index (κ2) is 7.84. The minimum absolute atomic E-state index is 0.00546. The third-order valence-electron chi connectivity index (χ3n) is 5.58. The van der Waals surface area contributed by atoms with Crippen LogP contribution in [0.4, 0.5) is 4.39 Å². The number of halogens is 2. The summed E-state index contributed by atoms with van der Waals surface area (Å²) in [4.78, 5) is 39.4. The van der Waals surface area contributed by atoms with Crippen LogP contribution in [0.2, 0.25) is 5.02 Å². The molecule has 2 saturated heterocycles. The molecule has 2 fully saturated rings. The highest BCUT2D eigenvalue weighted by Gasteiger charge is 2.44. The number of carboxylic acid groups (broad SMARTS) is 1. The second-order valence-corrected chi connectivity index (χ2v) is 7.71. The summed E-state index contributed by atoms with van der Waals surface area (Å²) >= 11 is 5.75. The van der Waals surface area contributed by atoms with E-state index in [-0.39, 0.29) is 35.6 Å². The van der Waals surface area contributed by atoms with E-state index in [1.165, 1.54) is 17.0 Å². The predicted octanol–water partition coefficient (Wildman–Crippen LogP) is 2.71. The molecule has 2 unspecified atom stereocenters. The summed E-state index contributed by atoms with van der Waals surface area (Å²) in [6, 6.07) is 3.82. The first-order valence-corrected chi connectivity index (χ1v) is 9.37. The van der Waals surface area contributed by atoms with Crippen molar-refractivity contribution in [1.29, 1.82) is 0 Å². The van der Waals surface area contributed by atoms with Crippen molar-refractivity contribution in [3.05, 3.63) is 34.6 Å². The summed E-state index contributed by atoms with van der Waals surface area (Å²) in [5.41, 5.74) is 0.546. The number of hydrogen-bond acceptors (Lipinski definition) is 3. The molecule has 146 valence electrons. The molecule has 0 spiro atoms. The van der Waals surface area contributed by atoms with E-state index in [2.05, 4.69) is 0 Å². The van der Waals surface area contributed by atoms with Gasteiger partial charge >= 0.3 is 5.97 Å². The van der Waals surface area contributed by atoms with E-state index >= 15 is 0 Å². The van der Waals surface area contributed by atoms with E-state index in [0.717, 1.165) is 0 Å². The Balaban J connectivity index is 1.75. The highest BCUT2D eigenvalue weighted by atomic mass is 35.5. The number of rotatable bonds is 4. The van der Waals surface area contributed by atoms with E-state index in [0.29, 0.717) is 31.5 Å². The second-order valence-electron chi connectivity index (χ2n) is 7.30. The zero-order chi connectivity index (χ0) is 19.7. The Morgan fingerprint density at radius 2 is 1.96 bits per heavy atom. The maximum absolute atomic E-state index is 13.9. The first kappa shape index (κ1) is 19.6. The maximum Gasteiger partial charge on any atom is 0.303 e. The zero-order valence-corrected chi connectivity index (χ0v) is 15.8. The van der Waals surface area contributed by atoms with Gasteiger partial charge in [-0.3, -0.25) is 14.4 Å². The molecular weight excluding hydrogens is 375 g/mol. The number of aliphatic carboxylic acids is 1. The van der Waals surface area contributed by atoms with Gasteiger partial charge < -0.3 is 14.9 Å². The number of carboxylic acids is 1. The molecule has 2 atom stereocenters. The fraction of sp³-hybridized carbons (Fsp3) is 0.526. The number of benzene rings is 1. The Morgan fingerprint density at radius 3 is 2.56 bits per heavy atom. The minimum Gasteiger partial charge on any atom is -0.481 e. The zero-order valence-electron chi connectivity index (χ0n) is 15.0. The van der Waals surface area contributed by atoms with Crippen LogP contribution in [-0.2, 0) is 14.4 Å². The Hall–Kier alpha value is -2.15. The minimum atomic E-state index is -0.826. The van der Waals surface area contributed by atoms with Gasteiger partial charge in [-0.05, 0) is 36.5 Å². The lowest BCUT2D eigenvalue weighted by atomic mass is 9.89. The van der Waals surface area contributed by atoms with Crippen LogP contribution in [0.1, 0.15) is 37.3 Å². The number of likely N-dealkylation sites (tertiary alicyclic amines) is 2. The molecule has 1 aromatic rings. The molecule has 6 nitrogen and oxygen atoms in total. The molecule has 8 heteroatoms. The molecule has 3 rings (SSSR count). The van der Waals surface area contributed by atoms with Gasteiger partial charge in [-0.25, -0.2) is 4.39 Å². The van der Waals surface area contributed by atoms with Gasteiger partial charge in [0, 0.05) is 33.0 Å². The SMILES string of the molecule is CN1C(=O)CC(C(=O)N2CCC(CC(=O)O)CC2)C1c1ccc(Cl)c(F)c1. The first-order valence-electron chi connectivity index (χ1n) is 8.99. The van der Waals surface area contributed by atoms with Gasteiger partial charge in [0.1, 0.15) is 5.82 Å². The summed E-state index contributed by atoms with van der Waals surface area (Å²) in [6.45, 7) is 0.958. The van der Waals surface area contributed by atoms with Crippen LogP contribution in [0.3, 0.4) is 0 Å². The lowest BCUT2D eigenvalue weighted by Gasteiger charge is -2.34. The van der Waals surface area contributed by atoms with Crippen LogP contribution < -0.4 is 0 Å². The molecule has 0 aliphatic carbocycles. The molecule has 0 saturated carbocycles. The van der Waals surface area contributed by atoms with Crippen molar-refractivity contribution >= 4 is 29.4 Å². The molecule has 2 aliphatic heterocycles. The fourth-order valence-corrected chi connectivity index (χ4v) is 4.20. The third-order valence-corrected chi connectivity index (χ3v) is 5.88. The Labute approximate surface area is 161 Å². The predicted molar refractivity (Wildman–Crippen MR) is 96.6 cm³/mol. The normalized spacial score (nSPS) is 23.7. The molecule has 2 aliphatic rings. The van der Waals surface area contributed by atoms with Crippen molar-refractivity contribution in [3.63, 3.8) is 0 Å². The largest absolute Gasteiger partial charge is 0.481 e. The Kier molecular flexibility index (Phi) is 5.69. The number of carbonyl (C=O) groups excluding carboxylic acids is 2. The quantitative estimate of drug-likeness (QED) is 0.848. The van der Waals surface area contributed by atoms with Crippen molar-refractivity contribution < 1.29 is 23.9 Å². The van der Waals surface area contributed by atoms with Crippen LogP contribution in [0.15, 0.2) is 18.2 Å². The lowest BCUT2D eigenvalue weighted by molar-refractivity contribution is -0.140. The molecule has 2 amide bonds. The smallest absolute Gasteiger partial charge is 0.303 e. The van der Waals surface area contributed by atoms with Crippen molar-refractivity contribution in [2.24, 2.45) is 11.8 Å².